The highest BCUT2D eigenvalue weighted by Crippen LogP contribution is 2.06. The molecule has 0 aliphatic carbocycles. The van der Waals surface area contributed by atoms with E-state index in [0.717, 1.165) is 0 Å². The van der Waals surface area contributed by atoms with Gasteiger partial charge in [-0.2, -0.15) is 0 Å². The zero-order valence-electron chi connectivity index (χ0n) is 11.5. The van der Waals surface area contributed by atoms with Gasteiger partial charge in [0.25, 0.3) is 5.56 Å². The first-order valence-corrected chi connectivity index (χ1v) is 6.35. The molecule has 106 valence electrons. The first-order valence-electron chi connectivity index (χ1n) is 6.35. The summed E-state index contributed by atoms with van der Waals surface area (Å²) in [7, 11) is 1.46. The Labute approximate surface area is 116 Å². The fourth-order valence-corrected chi connectivity index (χ4v) is 2.03. The maximum Gasteiger partial charge on any atom is 0.261 e. The minimum absolute atomic E-state index is 0.0177. The summed E-state index contributed by atoms with van der Waals surface area (Å²) in [4.78, 5) is 28.0. The molecule has 0 atom stereocenters. The van der Waals surface area contributed by atoms with Crippen LogP contribution in [0.2, 0.25) is 0 Å². The van der Waals surface area contributed by atoms with Gasteiger partial charge in [0, 0.05) is 20.2 Å². The Morgan fingerprint density at radius 1 is 1.40 bits per heavy atom. The number of methoxy groups -OCH3 is 1. The van der Waals surface area contributed by atoms with E-state index in [-0.39, 0.29) is 18.1 Å². The predicted octanol–water partition coefficient (Wildman–Crippen LogP) is 0.468. The molecule has 1 amide bonds. The number of carbonyl (C=O) groups is 1. The summed E-state index contributed by atoms with van der Waals surface area (Å²) in [6.07, 6.45) is 0. The molecule has 0 aliphatic rings. The second kappa shape index (κ2) is 6.29. The second-order valence-electron chi connectivity index (χ2n) is 4.42. The van der Waals surface area contributed by atoms with Gasteiger partial charge in [0.1, 0.15) is 12.4 Å². The topological polar surface area (TPSA) is 73.2 Å². The minimum atomic E-state index is -0.202. The molecule has 0 spiro atoms. The van der Waals surface area contributed by atoms with Crippen LogP contribution in [-0.4, -0.2) is 35.7 Å². The van der Waals surface area contributed by atoms with E-state index in [1.807, 2.05) is 18.2 Å². The third-order valence-electron chi connectivity index (χ3n) is 2.99. The first-order chi connectivity index (χ1) is 9.63. The molecule has 0 fully saturated rings. The second-order valence-corrected chi connectivity index (χ2v) is 4.42. The molecule has 1 aromatic heterocycles. The van der Waals surface area contributed by atoms with Crippen molar-refractivity contribution in [3.63, 3.8) is 0 Å². The molecule has 1 heterocycles. The number of fused-ring (bicyclic) bond motifs is 1. The van der Waals surface area contributed by atoms with Crippen LogP contribution in [0.5, 0.6) is 0 Å². The molecule has 20 heavy (non-hydrogen) atoms. The van der Waals surface area contributed by atoms with Crippen LogP contribution in [0, 0.1) is 6.92 Å². The highest BCUT2D eigenvalue weighted by Gasteiger charge is 2.07. The summed E-state index contributed by atoms with van der Waals surface area (Å²) in [5.41, 5.74) is 0.601. The molecular weight excluding hydrogens is 258 g/mol. The third kappa shape index (κ3) is 3.03. The van der Waals surface area contributed by atoms with Crippen molar-refractivity contribution in [2.24, 2.45) is 0 Å². The Hall–Kier alpha value is -2.21. The van der Waals surface area contributed by atoms with Gasteiger partial charge in [0.05, 0.1) is 10.9 Å². The van der Waals surface area contributed by atoms with Crippen LogP contribution in [0.25, 0.3) is 10.9 Å². The maximum atomic E-state index is 12.3. The number of hydrogen-bond acceptors (Lipinski definition) is 4. The number of rotatable bonds is 5. The number of carbonyl (C=O) groups excluding carboxylic acids is 1. The molecular formula is C14H17N3O3. The van der Waals surface area contributed by atoms with Crippen molar-refractivity contribution >= 4 is 16.8 Å². The Balaban J connectivity index is 2.18. The number of nitrogens with zero attached hydrogens (tertiary/aromatic N) is 2. The summed E-state index contributed by atoms with van der Waals surface area (Å²) in [6, 6.07) is 7.23. The van der Waals surface area contributed by atoms with Crippen molar-refractivity contribution in [3.05, 3.63) is 40.4 Å². The fourth-order valence-electron chi connectivity index (χ4n) is 2.03. The smallest absolute Gasteiger partial charge is 0.261 e. The number of benzene rings is 1. The first kappa shape index (κ1) is 14.2. The third-order valence-corrected chi connectivity index (χ3v) is 2.99. The Morgan fingerprint density at radius 2 is 2.15 bits per heavy atom. The Morgan fingerprint density at radius 3 is 2.90 bits per heavy atom. The fraction of sp³-hybridized carbons (Fsp3) is 0.357. The van der Waals surface area contributed by atoms with E-state index in [0.29, 0.717) is 29.8 Å². The van der Waals surface area contributed by atoms with Gasteiger partial charge in [-0.05, 0) is 19.1 Å². The molecule has 0 radical (unpaired) electrons. The van der Waals surface area contributed by atoms with Crippen molar-refractivity contribution in [3.8, 4) is 0 Å². The van der Waals surface area contributed by atoms with Crippen molar-refractivity contribution in [2.45, 2.75) is 13.5 Å². The van der Waals surface area contributed by atoms with Gasteiger partial charge in [-0.15, -0.1) is 0 Å². The molecule has 0 aliphatic heterocycles. The zero-order valence-corrected chi connectivity index (χ0v) is 11.5. The Bertz CT molecular complexity index is 679. The van der Waals surface area contributed by atoms with Crippen LogP contribution >= 0.6 is 0 Å². The van der Waals surface area contributed by atoms with Crippen LogP contribution in [0.4, 0.5) is 0 Å². The number of ether oxygens (including phenoxy) is 1. The van der Waals surface area contributed by atoms with Crippen molar-refractivity contribution in [1.82, 2.24) is 14.9 Å². The van der Waals surface area contributed by atoms with Crippen LogP contribution in [0.15, 0.2) is 29.1 Å². The lowest BCUT2D eigenvalue weighted by Gasteiger charge is -2.11. The monoisotopic (exact) mass is 275 g/mol. The van der Waals surface area contributed by atoms with Gasteiger partial charge < -0.3 is 10.1 Å². The summed E-state index contributed by atoms with van der Waals surface area (Å²) in [6.45, 7) is 2.55. The quantitative estimate of drug-likeness (QED) is 0.860. The molecule has 6 heteroatoms. The van der Waals surface area contributed by atoms with Gasteiger partial charge in [-0.25, -0.2) is 4.98 Å². The van der Waals surface area contributed by atoms with E-state index in [1.54, 1.807) is 17.6 Å². The normalized spacial score (nSPS) is 10.7. The zero-order chi connectivity index (χ0) is 14.5. The summed E-state index contributed by atoms with van der Waals surface area (Å²) in [5, 5.41) is 3.27. The molecule has 6 nitrogen and oxygen atoms in total. The van der Waals surface area contributed by atoms with Crippen molar-refractivity contribution in [1.29, 1.82) is 0 Å². The highest BCUT2D eigenvalue weighted by atomic mass is 16.5. The lowest BCUT2D eigenvalue weighted by molar-refractivity contribution is -0.124. The van der Waals surface area contributed by atoms with E-state index < -0.39 is 0 Å². The van der Waals surface area contributed by atoms with Crippen LogP contribution < -0.4 is 10.9 Å². The van der Waals surface area contributed by atoms with Gasteiger partial charge in [0.2, 0.25) is 5.91 Å². The Kier molecular flexibility index (Phi) is 4.47. The van der Waals surface area contributed by atoms with E-state index in [1.165, 1.54) is 7.11 Å². The van der Waals surface area contributed by atoms with E-state index >= 15 is 0 Å². The average Bonchev–Trinajstić information content (AvgIpc) is 2.43. The highest BCUT2D eigenvalue weighted by molar-refractivity contribution is 5.77. The van der Waals surface area contributed by atoms with Crippen LogP contribution in [0.1, 0.15) is 5.82 Å². The van der Waals surface area contributed by atoms with Crippen LogP contribution in [-0.2, 0) is 16.1 Å². The molecule has 0 bridgehead atoms. The maximum absolute atomic E-state index is 12.3. The van der Waals surface area contributed by atoms with Gasteiger partial charge in [-0.3, -0.25) is 14.2 Å². The number of para-hydroxylation sites is 1. The minimum Gasteiger partial charge on any atom is -0.375 e. The lowest BCUT2D eigenvalue weighted by Crippen LogP contribution is -2.34. The van der Waals surface area contributed by atoms with E-state index in [9.17, 15) is 9.59 Å². The van der Waals surface area contributed by atoms with E-state index in [4.69, 9.17) is 4.74 Å². The SMILES string of the molecule is COCC(=O)NCCn1c(C)nc2ccccc2c1=O. The van der Waals surface area contributed by atoms with Gasteiger partial charge in [-0.1, -0.05) is 12.1 Å². The number of amides is 1. The number of hydrogen-bond donors (Lipinski definition) is 1. The number of aryl methyl sites for hydroxylation is 1. The molecule has 1 N–H and O–H groups in total. The molecule has 0 unspecified atom stereocenters. The summed E-state index contributed by atoms with van der Waals surface area (Å²) < 4.78 is 6.28. The molecule has 2 aromatic rings. The predicted molar refractivity (Wildman–Crippen MR) is 75.6 cm³/mol. The van der Waals surface area contributed by atoms with E-state index in [2.05, 4.69) is 10.3 Å². The van der Waals surface area contributed by atoms with Crippen molar-refractivity contribution < 1.29 is 9.53 Å². The molecule has 1 aromatic carbocycles. The van der Waals surface area contributed by atoms with Crippen molar-refractivity contribution in [2.75, 3.05) is 20.3 Å². The lowest BCUT2D eigenvalue weighted by atomic mass is 10.2. The average molecular weight is 275 g/mol. The summed E-state index contributed by atoms with van der Waals surface area (Å²) >= 11 is 0. The number of nitrogens with one attached hydrogen (secondary N) is 1. The van der Waals surface area contributed by atoms with Gasteiger partial charge in [0.15, 0.2) is 0 Å². The molecule has 2 rings (SSSR count). The molecule has 0 saturated heterocycles. The molecule has 0 saturated carbocycles. The standard InChI is InChI=1S/C14H17N3O3/c1-10-16-12-6-4-3-5-11(12)14(19)17(10)8-7-15-13(18)9-20-2/h3-6H,7-9H2,1-2H3,(H,15,18). The number of aromatic nitrogens is 2. The van der Waals surface area contributed by atoms with Crippen LogP contribution in [0.3, 0.4) is 0 Å². The van der Waals surface area contributed by atoms with Gasteiger partial charge >= 0.3 is 0 Å². The largest absolute Gasteiger partial charge is 0.375 e. The summed E-state index contributed by atoms with van der Waals surface area (Å²) in [5.74, 6) is 0.432.